The molecule has 2 unspecified atom stereocenters. The first-order valence-corrected chi connectivity index (χ1v) is 13.5. The van der Waals surface area contributed by atoms with Crippen LogP contribution in [-0.4, -0.2) is 76.8 Å². The Kier molecular flexibility index (Phi) is 8.07. The van der Waals surface area contributed by atoms with Crippen LogP contribution in [0.4, 0.5) is 5.95 Å². The van der Waals surface area contributed by atoms with Crippen LogP contribution >= 0.6 is 8.25 Å². The highest BCUT2D eigenvalue weighted by atomic mass is 31.1. The molecule has 0 amide bonds. The third kappa shape index (κ3) is 5.46. The van der Waals surface area contributed by atoms with E-state index in [4.69, 9.17) is 38.3 Å². The Balaban J connectivity index is 1.42. The normalized spacial score (nSPS) is 24.6. The third-order valence-electron chi connectivity index (χ3n) is 6.28. The average molecular weight is 560 g/mol. The van der Waals surface area contributed by atoms with Gasteiger partial charge in [0.2, 0.25) is 18.4 Å². The molecule has 2 aliphatic heterocycles. The number of esters is 1. The Bertz CT molecular complexity index is 1350. The number of carbonyl (C=O) groups is 1. The molecule has 0 bridgehead atoms. The van der Waals surface area contributed by atoms with Crippen LogP contribution in [0.3, 0.4) is 0 Å². The summed E-state index contributed by atoms with van der Waals surface area (Å²) in [4.78, 5) is 24.5. The number of nitrogen functional groups attached to an aromatic ring is 1. The quantitative estimate of drug-likeness (QED) is 0.204. The zero-order valence-electron chi connectivity index (χ0n) is 21.6. The number of hydrogen-bond acceptors (Lipinski definition) is 13. The van der Waals surface area contributed by atoms with Crippen LogP contribution in [-0.2, 0) is 37.2 Å². The van der Waals surface area contributed by atoms with Crippen LogP contribution < -0.4 is 15.9 Å². The fraction of sp³-hybridized carbons (Fsp3) is 0.478. The minimum Gasteiger partial charge on any atom is -0.476 e. The van der Waals surface area contributed by atoms with Gasteiger partial charge in [-0.3, -0.25) is 4.57 Å². The molecule has 2 aliphatic rings. The molecule has 0 saturated carbocycles. The molecule has 206 valence electrons. The highest BCUT2D eigenvalue weighted by molar-refractivity contribution is 7.33. The number of rotatable bonds is 11. The molecular weight excluding hydrogens is 532 g/mol. The van der Waals surface area contributed by atoms with Gasteiger partial charge < -0.3 is 29.3 Å². The van der Waals surface area contributed by atoms with Gasteiger partial charge in [0, 0.05) is 4.57 Å². The SMILES string of the molecule is CCOC(=O)CO[P+](=O)OC[C@H]1OC(n2cnc3c(OCC)nc(N)nc32)[C@]2(C)OB(c3ccccc3)O[C@H]12. The zero-order valence-corrected chi connectivity index (χ0v) is 22.5. The first-order valence-electron chi connectivity index (χ1n) is 12.4. The van der Waals surface area contributed by atoms with Gasteiger partial charge in [-0.15, -0.1) is 9.05 Å². The number of imidazole rings is 1. The monoisotopic (exact) mass is 560 g/mol. The van der Waals surface area contributed by atoms with Crippen molar-refractivity contribution >= 4 is 43.9 Å². The summed E-state index contributed by atoms with van der Waals surface area (Å²) in [7, 11) is -3.33. The number of fused-ring (bicyclic) bond motifs is 2. The first-order chi connectivity index (χ1) is 18.8. The van der Waals surface area contributed by atoms with E-state index in [9.17, 15) is 9.36 Å². The molecule has 2 fully saturated rings. The van der Waals surface area contributed by atoms with Gasteiger partial charge in [0.15, 0.2) is 17.4 Å². The van der Waals surface area contributed by atoms with Gasteiger partial charge in [0.1, 0.15) is 24.4 Å². The van der Waals surface area contributed by atoms with Crippen molar-refractivity contribution < 1.29 is 41.9 Å². The molecule has 4 heterocycles. The maximum absolute atomic E-state index is 12.3. The predicted octanol–water partition coefficient (Wildman–Crippen LogP) is 1.53. The van der Waals surface area contributed by atoms with Gasteiger partial charge in [-0.25, -0.2) is 9.78 Å². The van der Waals surface area contributed by atoms with E-state index in [1.165, 1.54) is 0 Å². The van der Waals surface area contributed by atoms with E-state index >= 15 is 0 Å². The summed E-state index contributed by atoms with van der Waals surface area (Å²) in [6.07, 6.45) is -0.637. The molecule has 0 radical (unpaired) electrons. The highest BCUT2D eigenvalue weighted by Gasteiger charge is 2.64. The Morgan fingerprint density at radius 3 is 2.74 bits per heavy atom. The number of carbonyl (C=O) groups excluding carboxylic acids is 1. The van der Waals surface area contributed by atoms with Crippen LogP contribution in [0.2, 0.25) is 0 Å². The van der Waals surface area contributed by atoms with Crippen molar-refractivity contribution in [3.8, 4) is 5.88 Å². The van der Waals surface area contributed by atoms with Gasteiger partial charge in [-0.05, 0) is 26.2 Å². The summed E-state index contributed by atoms with van der Waals surface area (Å²) in [5.74, 6) is -0.388. The third-order valence-corrected chi connectivity index (χ3v) is 6.98. The number of benzene rings is 1. The van der Waals surface area contributed by atoms with E-state index < -0.39 is 52.0 Å². The first kappa shape index (κ1) is 27.4. The van der Waals surface area contributed by atoms with Gasteiger partial charge >= 0.3 is 21.3 Å². The number of ether oxygens (including phenoxy) is 3. The summed E-state index contributed by atoms with van der Waals surface area (Å²) in [5, 5.41) is 0. The standard InChI is InChI=1S/C23H28BN5O9P/c1-4-32-16(30)12-35-39(31)34-11-15-18-23(3,38-24(37-18)14-9-7-6-8-10-14)21(36-15)29-13-26-17-19(29)27-22(25)28-20(17)33-5-2/h6-10,13,15,18,21H,4-5,11-12H2,1-3H3,(H2,25,27,28)/q+1/t15-,18-,21?,23-/m1/s1. The van der Waals surface area contributed by atoms with Crippen molar-refractivity contribution in [3.63, 3.8) is 0 Å². The molecule has 16 heteroatoms. The van der Waals surface area contributed by atoms with E-state index in [0.717, 1.165) is 5.46 Å². The van der Waals surface area contributed by atoms with E-state index in [0.29, 0.717) is 17.8 Å². The maximum Gasteiger partial charge on any atom is 0.698 e. The largest absolute Gasteiger partial charge is 0.698 e. The lowest BCUT2D eigenvalue weighted by Crippen LogP contribution is -2.42. The van der Waals surface area contributed by atoms with Crippen LogP contribution in [0.15, 0.2) is 36.7 Å². The van der Waals surface area contributed by atoms with Crippen LogP contribution in [0.25, 0.3) is 11.2 Å². The summed E-state index contributed by atoms with van der Waals surface area (Å²) < 4.78 is 53.9. The molecule has 2 saturated heterocycles. The maximum atomic E-state index is 12.3. The Labute approximate surface area is 225 Å². The van der Waals surface area contributed by atoms with Gasteiger partial charge in [0.05, 0.1) is 19.5 Å². The molecule has 0 aliphatic carbocycles. The number of nitrogens with two attached hydrogens (primary N) is 1. The molecule has 2 aromatic heterocycles. The average Bonchev–Trinajstić information content (AvgIpc) is 3.57. The van der Waals surface area contributed by atoms with E-state index in [1.807, 2.05) is 44.2 Å². The molecule has 5 rings (SSSR count). The number of hydrogen-bond donors (Lipinski definition) is 1. The second kappa shape index (κ2) is 11.5. The van der Waals surface area contributed by atoms with E-state index in [1.54, 1.807) is 17.8 Å². The number of anilines is 1. The fourth-order valence-corrected chi connectivity index (χ4v) is 5.20. The highest BCUT2D eigenvalue weighted by Crippen LogP contribution is 2.48. The predicted molar refractivity (Wildman–Crippen MR) is 137 cm³/mol. The fourth-order valence-electron chi connectivity index (χ4n) is 4.64. The second-order valence-corrected chi connectivity index (χ2v) is 9.83. The molecule has 0 spiro atoms. The van der Waals surface area contributed by atoms with Crippen molar-refractivity contribution in [2.45, 2.75) is 44.8 Å². The van der Waals surface area contributed by atoms with Crippen LogP contribution in [0.5, 0.6) is 5.88 Å². The lowest BCUT2D eigenvalue weighted by atomic mass is 9.79. The molecule has 3 aromatic rings. The summed E-state index contributed by atoms with van der Waals surface area (Å²) in [5.41, 5.74) is 6.51. The minimum atomic E-state index is -2.63. The smallest absolute Gasteiger partial charge is 0.476 e. The molecule has 39 heavy (non-hydrogen) atoms. The van der Waals surface area contributed by atoms with E-state index in [2.05, 4.69) is 15.0 Å². The lowest BCUT2D eigenvalue weighted by molar-refractivity contribution is -0.145. The van der Waals surface area contributed by atoms with Gasteiger partial charge in [-0.1, -0.05) is 30.3 Å². The van der Waals surface area contributed by atoms with Crippen molar-refractivity contribution in [2.24, 2.45) is 0 Å². The van der Waals surface area contributed by atoms with Crippen LogP contribution in [0, 0.1) is 0 Å². The molecular formula is C23H28BN5O9P+. The summed E-state index contributed by atoms with van der Waals surface area (Å²) >= 11 is 0. The lowest BCUT2D eigenvalue weighted by Gasteiger charge is -2.29. The van der Waals surface area contributed by atoms with Gasteiger partial charge in [-0.2, -0.15) is 9.97 Å². The number of aromatic nitrogens is 4. The van der Waals surface area contributed by atoms with Crippen molar-refractivity contribution in [3.05, 3.63) is 36.7 Å². The summed E-state index contributed by atoms with van der Waals surface area (Å²) in [6, 6.07) is 9.46. The molecule has 1 aromatic carbocycles. The van der Waals surface area contributed by atoms with Crippen LogP contribution in [0.1, 0.15) is 27.0 Å². The van der Waals surface area contributed by atoms with Crippen molar-refractivity contribution in [1.29, 1.82) is 0 Å². The molecule has 2 N–H and O–H groups in total. The van der Waals surface area contributed by atoms with Crippen molar-refractivity contribution in [1.82, 2.24) is 19.5 Å². The van der Waals surface area contributed by atoms with Gasteiger partial charge in [0.25, 0.3) is 0 Å². The minimum absolute atomic E-state index is 0.00813. The Hall–Kier alpha value is -3.20. The second-order valence-electron chi connectivity index (χ2n) is 8.87. The molecule has 14 nitrogen and oxygen atoms in total. The van der Waals surface area contributed by atoms with E-state index in [-0.39, 0.29) is 25.0 Å². The zero-order chi connectivity index (χ0) is 27.6. The summed E-state index contributed by atoms with van der Waals surface area (Å²) in [6.45, 7) is 5.21. The Morgan fingerprint density at radius 1 is 1.21 bits per heavy atom. The Morgan fingerprint density at radius 2 is 2.00 bits per heavy atom. The van der Waals surface area contributed by atoms with Crippen molar-refractivity contribution in [2.75, 3.05) is 32.2 Å². The number of nitrogens with zero attached hydrogens (tertiary/aromatic N) is 4. The molecule has 5 atom stereocenters. The topological polar surface area (TPSA) is 168 Å².